The summed E-state index contributed by atoms with van der Waals surface area (Å²) in [5, 5.41) is 10.3. The van der Waals surface area contributed by atoms with Gasteiger partial charge in [-0.2, -0.15) is 0 Å². The third kappa shape index (κ3) is 2.92. The normalized spacial score (nSPS) is 20.0. The molecule has 166 valence electrons. The topological polar surface area (TPSA) is 84.1 Å². The fraction of sp³-hybridized carbons (Fsp3) is 0.308. The number of carbonyl (C=O) groups is 1. The lowest BCUT2D eigenvalue weighted by molar-refractivity contribution is 0.0734. The number of hydrogen-bond donors (Lipinski definition) is 1. The third-order valence-corrected chi connectivity index (χ3v) is 6.98. The third-order valence-electron chi connectivity index (χ3n) is 6.98. The number of aromatic nitrogens is 4. The lowest BCUT2D eigenvalue weighted by Gasteiger charge is -2.25. The number of benzene rings is 2. The summed E-state index contributed by atoms with van der Waals surface area (Å²) < 4.78 is 2.30. The van der Waals surface area contributed by atoms with Gasteiger partial charge in [0, 0.05) is 37.0 Å². The highest BCUT2D eigenvalue weighted by atomic mass is 16.3. The molecule has 7 heteroatoms. The summed E-state index contributed by atoms with van der Waals surface area (Å²) in [4.78, 5) is 29.1. The second kappa shape index (κ2) is 7.49. The van der Waals surface area contributed by atoms with Crippen LogP contribution in [0.2, 0.25) is 0 Å². The van der Waals surface area contributed by atoms with E-state index >= 15 is 0 Å². The molecule has 3 atom stereocenters. The number of imidazole rings is 1. The predicted octanol–water partition coefficient (Wildman–Crippen LogP) is 4.45. The molecule has 4 heterocycles. The Kier molecular flexibility index (Phi) is 4.55. The lowest BCUT2D eigenvalue weighted by atomic mass is 9.90. The summed E-state index contributed by atoms with van der Waals surface area (Å²) in [6, 6.07) is 13.9. The van der Waals surface area contributed by atoms with Crippen molar-refractivity contribution in [3.63, 3.8) is 0 Å². The van der Waals surface area contributed by atoms with Crippen LogP contribution in [0.1, 0.15) is 71.9 Å². The molecule has 2 aromatic carbocycles. The summed E-state index contributed by atoms with van der Waals surface area (Å²) in [7, 11) is 1.87. The fourth-order valence-electron chi connectivity index (χ4n) is 5.37. The largest absolute Gasteiger partial charge is 0.385 e. The molecule has 0 spiro atoms. The van der Waals surface area contributed by atoms with Gasteiger partial charge in [-0.3, -0.25) is 4.79 Å². The number of hydrogen-bond acceptors (Lipinski definition) is 5. The van der Waals surface area contributed by atoms with Crippen LogP contribution in [0.25, 0.3) is 22.2 Å². The molecule has 6 rings (SSSR count). The van der Waals surface area contributed by atoms with Crippen molar-refractivity contribution in [3.05, 3.63) is 77.6 Å². The van der Waals surface area contributed by atoms with Crippen LogP contribution in [0, 0.1) is 0 Å². The van der Waals surface area contributed by atoms with Crippen molar-refractivity contribution in [1.29, 1.82) is 0 Å². The lowest BCUT2D eigenvalue weighted by Crippen LogP contribution is -2.30. The highest BCUT2D eigenvalue weighted by Crippen LogP contribution is 2.49. The summed E-state index contributed by atoms with van der Waals surface area (Å²) >= 11 is 0. The van der Waals surface area contributed by atoms with E-state index in [1.807, 2.05) is 55.3 Å². The summed E-state index contributed by atoms with van der Waals surface area (Å²) in [6.45, 7) is 2.02. The van der Waals surface area contributed by atoms with Gasteiger partial charge >= 0.3 is 0 Å². The Morgan fingerprint density at radius 3 is 2.61 bits per heavy atom. The number of amides is 1. The van der Waals surface area contributed by atoms with Gasteiger partial charge in [0.2, 0.25) is 0 Å². The van der Waals surface area contributed by atoms with Crippen molar-refractivity contribution in [2.75, 3.05) is 7.05 Å². The maximum Gasteiger partial charge on any atom is 0.254 e. The van der Waals surface area contributed by atoms with Crippen LogP contribution in [0.4, 0.5) is 0 Å². The predicted molar refractivity (Wildman–Crippen MR) is 125 cm³/mol. The number of para-hydroxylation sites is 2. The quantitative estimate of drug-likeness (QED) is 0.508. The van der Waals surface area contributed by atoms with E-state index < -0.39 is 6.10 Å². The molecule has 2 unspecified atom stereocenters. The van der Waals surface area contributed by atoms with Crippen molar-refractivity contribution in [1.82, 2.24) is 24.4 Å². The van der Waals surface area contributed by atoms with E-state index in [0.29, 0.717) is 17.8 Å². The van der Waals surface area contributed by atoms with Gasteiger partial charge in [0.25, 0.3) is 5.91 Å². The number of rotatable bonds is 4. The average molecular weight is 440 g/mol. The molecule has 1 N–H and O–H groups in total. The minimum atomic E-state index is -0.664. The Morgan fingerprint density at radius 2 is 1.82 bits per heavy atom. The molecule has 1 amide bonds. The molecule has 2 bridgehead atoms. The second-order valence-electron chi connectivity index (χ2n) is 8.91. The fourth-order valence-corrected chi connectivity index (χ4v) is 5.37. The minimum Gasteiger partial charge on any atom is -0.385 e. The Labute approximate surface area is 191 Å². The Bertz CT molecular complexity index is 1380. The van der Waals surface area contributed by atoms with E-state index in [2.05, 4.69) is 20.6 Å². The molecule has 4 aromatic rings. The van der Waals surface area contributed by atoms with Crippen molar-refractivity contribution in [3.8, 4) is 11.1 Å². The van der Waals surface area contributed by atoms with Gasteiger partial charge < -0.3 is 14.6 Å². The van der Waals surface area contributed by atoms with Crippen LogP contribution in [-0.4, -0.2) is 42.5 Å². The Hall–Kier alpha value is -3.58. The first-order valence-electron chi connectivity index (χ1n) is 11.5. The van der Waals surface area contributed by atoms with E-state index in [1.54, 1.807) is 12.4 Å². The summed E-state index contributed by atoms with van der Waals surface area (Å²) in [6.07, 6.45) is 5.12. The van der Waals surface area contributed by atoms with Gasteiger partial charge in [0.05, 0.1) is 23.1 Å². The van der Waals surface area contributed by atoms with Gasteiger partial charge in [-0.15, -0.1) is 0 Å². The molecule has 0 saturated heterocycles. The van der Waals surface area contributed by atoms with Crippen LogP contribution >= 0.6 is 0 Å². The van der Waals surface area contributed by atoms with Crippen molar-refractivity contribution >= 4 is 16.9 Å². The summed E-state index contributed by atoms with van der Waals surface area (Å²) in [5.41, 5.74) is 5.51. The van der Waals surface area contributed by atoms with Gasteiger partial charge in [-0.05, 0) is 35.7 Å². The molecule has 0 aliphatic carbocycles. The zero-order valence-corrected chi connectivity index (χ0v) is 18.6. The Balaban J connectivity index is 1.54. The minimum absolute atomic E-state index is 0.00793. The molecule has 2 aromatic heterocycles. The van der Waals surface area contributed by atoms with E-state index in [0.717, 1.165) is 46.4 Å². The maximum absolute atomic E-state index is 13.5. The van der Waals surface area contributed by atoms with E-state index in [9.17, 15) is 9.90 Å². The van der Waals surface area contributed by atoms with Gasteiger partial charge in [0.1, 0.15) is 11.9 Å². The van der Waals surface area contributed by atoms with Crippen molar-refractivity contribution in [2.45, 2.75) is 44.4 Å². The van der Waals surface area contributed by atoms with Crippen LogP contribution < -0.4 is 0 Å². The van der Waals surface area contributed by atoms with Crippen molar-refractivity contribution in [2.24, 2.45) is 0 Å². The number of nitrogens with zero attached hydrogens (tertiary/aromatic N) is 5. The van der Waals surface area contributed by atoms with Gasteiger partial charge in [-0.25, -0.2) is 15.0 Å². The van der Waals surface area contributed by atoms with Crippen LogP contribution in [-0.2, 0) is 0 Å². The number of carbonyl (C=O) groups excluding carboxylic acids is 1. The second-order valence-corrected chi connectivity index (χ2v) is 8.91. The van der Waals surface area contributed by atoms with Gasteiger partial charge in [-0.1, -0.05) is 37.6 Å². The molecule has 2 aliphatic rings. The molecular formula is C26H25N5O2. The number of aliphatic hydroxyl groups excluding tert-OH is 1. The highest BCUT2D eigenvalue weighted by Gasteiger charge is 2.44. The van der Waals surface area contributed by atoms with Gasteiger partial charge in [0.15, 0.2) is 5.82 Å². The standard InChI is InChI=1S/C26H25N5O2/c1-3-7-22(32)24-27-13-15(14-28-24)16-8-6-9-17-23(16)20-12-21(30(2)26(17)33)25-29-18-10-4-5-11-19(18)31(20)25/h4-6,8-11,13-14,20-22,32H,3,7,12H2,1-2H3/t20?,21?,22-/m0/s1. The van der Waals surface area contributed by atoms with Crippen LogP contribution in [0.15, 0.2) is 54.9 Å². The molecule has 0 fully saturated rings. The average Bonchev–Trinajstić information content (AvgIpc) is 3.37. The first kappa shape index (κ1) is 20.1. The zero-order valence-electron chi connectivity index (χ0n) is 18.6. The smallest absolute Gasteiger partial charge is 0.254 e. The monoisotopic (exact) mass is 439 g/mol. The first-order chi connectivity index (χ1) is 16.1. The number of aliphatic hydroxyl groups is 1. The van der Waals surface area contributed by atoms with E-state index in [4.69, 9.17) is 4.98 Å². The Morgan fingerprint density at radius 1 is 1.06 bits per heavy atom. The first-order valence-corrected chi connectivity index (χ1v) is 11.5. The van der Waals surface area contributed by atoms with E-state index in [-0.39, 0.29) is 18.0 Å². The maximum atomic E-state index is 13.5. The molecular weight excluding hydrogens is 414 g/mol. The summed E-state index contributed by atoms with van der Waals surface area (Å²) in [5.74, 6) is 1.38. The van der Waals surface area contributed by atoms with Crippen molar-refractivity contribution < 1.29 is 9.90 Å². The molecule has 2 aliphatic heterocycles. The zero-order chi connectivity index (χ0) is 22.7. The molecule has 0 saturated carbocycles. The van der Waals surface area contributed by atoms with Crippen LogP contribution in [0.5, 0.6) is 0 Å². The van der Waals surface area contributed by atoms with E-state index in [1.165, 1.54) is 0 Å². The van der Waals surface area contributed by atoms with Crippen LogP contribution in [0.3, 0.4) is 0 Å². The number of fused-ring (bicyclic) bond motifs is 9. The molecule has 7 nitrogen and oxygen atoms in total. The highest BCUT2D eigenvalue weighted by molar-refractivity contribution is 5.99. The molecule has 0 radical (unpaired) electrons. The molecule has 33 heavy (non-hydrogen) atoms. The SMILES string of the molecule is CCC[C@H](O)c1ncc(-c2cccc3c2C2CC(c4nc5ccccc5n42)N(C)C3=O)cn1.